The van der Waals surface area contributed by atoms with Crippen molar-refractivity contribution in [3.05, 3.63) is 65.7 Å². The van der Waals surface area contributed by atoms with E-state index in [-0.39, 0.29) is 11.8 Å². The van der Waals surface area contributed by atoms with Crippen LogP contribution in [0.25, 0.3) is 21.8 Å². The van der Waals surface area contributed by atoms with Gasteiger partial charge in [0, 0.05) is 29.4 Å². The molecular formula is C27H27N3O4. The van der Waals surface area contributed by atoms with E-state index < -0.39 is 0 Å². The maximum Gasteiger partial charge on any atom is 0.262 e. The number of para-hydroxylation sites is 1. The molecule has 7 nitrogen and oxygen atoms in total. The molecule has 1 aliphatic heterocycles. The molecule has 3 aromatic carbocycles. The van der Waals surface area contributed by atoms with Gasteiger partial charge in [-0.15, -0.1) is 0 Å². The van der Waals surface area contributed by atoms with Crippen LogP contribution in [-0.4, -0.2) is 59.9 Å². The molecule has 34 heavy (non-hydrogen) atoms. The third kappa shape index (κ3) is 3.58. The highest BCUT2D eigenvalue weighted by atomic mass is 16.5. The second-order valence-corrected chi connectivity index (χ2v) is 8.29. The van der Waals surface area contributed by atoms with Crippen LogP contribution in [0.2, 0.25) is 0 Å². The third-order valence-corrected chi connectivity index (χ3v) is 6.49. The van der Waals surface area contributed by atoms with Gasteiger partial charge in [-0.25, -0.2) is 0 Å². The van der Waals surface area contributed by atoms with E-state index in [1.807, 2.05) is 48.5 Å². The van der Waals surface area contributed by atoms with Gasteiger partial charge in [0.1, 0.15) is 11.5 Å². The van der Waals surface area contributed by atoms with Gasteiger partial charge in [-0.3, -0.25) is 14.5 Å². The molecule has 1 aliphatic rings. The third-order valence-electron chi connectivity index (χ3n) is 6.49. The summed E-state index contributed by atoms with van der Waals surface area (Å²) in [6, 6.07) is 16.7. The first-order valence-corrected chi connectivity index (χ1v) is 11.5. The van der Waals surface area contributed by atoms with Crippen molar-refractivity contribution in [3.8, 4) is 17.2 Å². The largest absolute Gasteiger partial charge is 0.497 e. The zero-order valence-corrected chi connectivity index (χ0v) is 19.6. The summed E-state index contributed by atoms with van der Waals surface area (Å²) in [6.45, 7) is 6.85. The molecule has 2 heterocycles. The van der Waals surface area contributed by atoms with Crippen molar-refractivity contribution in [1.29, 1.82) is 0 Å². The van der Waals surface area contributed by atoms with Gasteiger partial charge >= 0.3 is 0 Å². The minimum Gasteiger partial charge on any atom is -0.497 e. The fourth-order valence-electron chi connectivity index (χ4n) is 4.60. The first-order chi connectivity index (χ1) is 16.5. The monoisotopic (exact) mass is 457 g/mol. The highest BCUT2D eigenvalue weighted by Crippen LogP contribution is 2.42. The second kappa shape index (κ2) is 8.83. The Balaban J connectivity index is 1.68. The van der Waals surface area contributed by atoms with E-state index in [9.17, 15) is 9.59 Å². The Bertz CT molecular complexity index is 1390. The molecule has 0 bridgehead atoms. The smallest absolute Gasteiger partial charge is 0.262 e. The van der Waals surface area contributed by atoms with Gasteiger partial charge in [-0.2, -0.15) is 0 Å². The Labute approximate surface area is 197 Å². The van der Waals surface area contributed by atoms with Crippen LogP contribution >= 0.6 is 0 Å². The van der Waals surface area contributed by atoms with Crippen LogP contribution in [0.15, 0.2) is 54.6 Å². The summed E-state index contributed by atoms with van der Waals surface area (Å²) in [4.78, 5) is 33.9. The standard InChI is InChI=1S/C27H27N3O4/c1-4-29(5-2)13-14-30-26(31)20-16-22(34-17-9-7-6-8-10-17)25-23(24(20)27(30)32)19-15-18(33-3)11-12-21(19)28-25/h6-12,15-16,28H,4-5,13-14H2,1-3H3. The molecule has 2 amide bonds. The number of benzene rings is 3. The Kier molecular flexibility index (Phi) is 5.71. The average Bonchev–Trinajstić information content (AvgIpc) is 3.35. The molecule has 7 heteroatoms. The highest BCUT2D eigenvalue weighted by molar-refractivity contribution is 6.30. The number of rotatable bonds is 8. The van der Waals surface area contributed by atoms with E-state index in [0.717, 1.165) is 24.0 Å². The van der Waals surface area contributed by atoms with Gasteiger partial charge in [0.25, 0.3) is 11.8 Å². The first kappa shape index (κ1) is 22.0. The lowest BCUT2D eigenvalue weighted by Gasteiger charge is -2.21. The number of H-pyrrole nitrogens is 1. The van der Waals surface area contributed by atoms with Crippen LogP contribution in [0.3, 0.4) is 0 Å². The number of hydrogen-bond donors (Lipinski definition) is 1. The van der Waals surface area contributed by atoms with Gasteiger partial charge < -0.3 is 19.4 Å². The van der Waals surface area contributed by atoms with Crippen LogP contribution in [-0.2, 0) is 0 Å². The van der Waals surface area contributed by atoms with Crippen LogP contribution in [0, 0.1) is 0 Å². The summed E-state index contributed by atoms with van der Waals surface area (Å²) >= 11 is 0. The molecule has 174 valence electrons. The predicted octanol–water partition coefficient (Wildman–Crippen LogP) is 5.06. The zero-order valence-electron chi connectivity index (χ0n) is 19.6. The average molecular weight is 458 g/mol. The van der Waals surface area contributed by atoms with Gasteiger partial charge in [-0.05, 0) is 49.5 Å². The van der Waals surface area contributed by atoms with Gasteiger partial charge in [0.2, 0.25) is 0 Å². The number of aromatic nitrogens is 1. The number of hydrogen-bond acceptors (Lipinski definition) is 5. The number of ether oxygens (including phenoxy) is 2. The number of likely N-dealkylation sites (N-methyl/N-ethyl adjacent to an activating group) is 1. The Morgan fingerprint density at radius 3 is 2.41 bits per heavy atom. The van der Waals surface area contributed by atoms with Crippen molar-refractivity contribution < 1.29 is 19.1 Å². The fraction of sp³-hybridized carbons (Fsp3) is 0.259. The van der Waals surface area contributed by atoms with Crippen molar-refractivity contribution in [3.63, 3.8) is 0 Å². The Morgan fingerprint density at radius 2 is 1.71 bits per heavy atom. The van der Waals surface area contributed by atoms with E-state index in [1.54, 1.807) is 13.2 Å². The molecule has 1 N–H and O–H groups in total. The quantitative estimate of drug-likeness (QED) is 0.374. The number of carbonyl (C=O) groups excluding carboxylic acids is 2. The molecule has 0 aliphatic carbocycles. The normalized spacial score (nSPS) is 13.4. The van der Waals surface area contributed by atoms with Crippen molar-refractivity contribution in [1.82, 2.24) is 14.8 Å². The van der Waals surface area contributed by atoms with Gasteiger partial charge in [0.05, 0.1) is 23.8 Å². The highest BCUT2D eigenvalue weighted by Gasteiger charge is 2.39. The fourth-order valence-corrected chi connectivity index (χ4v) is 4.60. The number of amides is 2. The number of nitrogens with zero attached hydrogens (tertiary/aromatic N) is 2. The number of nitrogens with one attached hydrogen (secondary N) is 1. The number of fused-ring (bicyclic) bond motifs is 5. The summed E-state index contributed by atoms with van der Waals surface area (Å²) < 4.78 is 11.6. The topological polar surface area (TPSA) is 74.9 Å². The molecule has 0 atom stereocenters. The van der Waals surface area contributed by atoms with E-state index in [4.69, 9.17) is 9.47 Å². The first-order valence-electron chi connectivity index (χ1n) is 11.5. The number of imide groups is 1. The van der Waals surface area contributed by atoms with Crippen molar-refractivity contribution >= 4 is 33.6 Å². The van der Waals surface area contributed by atoms with E-state index in [2.05, 4.69) is 23.7 Å². The number of carbonyl (C=O) groups is 2. The summed E-state index contributed by atoms with van der Waals surface area (Å²) in [5, 5.41) is 1.50. The molecule has 0 saturated carbocycles. The molecule has 1 aromatic heterocycles. The SMILES string of the molecule is CCN(CC)CCN1C(=O)c2cc(Oc3ccccc3)c3[nH]c4ccc(OC)cc4c3c2C1=O. The van der Waals surface area contributed by atoms with Crippen LogP contribution < -0.4 is 9.47 Å². The van der Waals surface area contributed by atoms with Gasteiger partial charge in [0.15, 0.2) is 5.75 Å². The lowest BCUT2D eigenvalue weighted by atomic mass is 10.0. The minimum absolute atomic E-state index is 0.271. The second-order valence-electron chi connectivity index (χ2n) is 8.29. The maximum absolute atomic E-state index is 13.6. The van der Waals surface area contributed by atoms with Crippen LogP contribution in [0.5, 0.6) is 17.2 Å². The lowest BCUT2D eigenvalue weighted by Crippen LogP contribution is -2.38. The van der Waals surface area contributed by atoms with Crippen molar-refractivity contribution in [2.75, 3.05) is 33.3 Å². The summed E-state index contributed by atoms with van der Waals surface area (Å²) in [6.07, 6.45) is 0. The summed E-state index contributed by atoms with van der Waals surface area (Å²) in [5.41, 5.74) is 2.30. The molecule has 0 unspecified atom stereocenters. The maximum atomic E-state index is 13.6. The predicted molar refractivity (Wildman–Crippen MR) is 132 cm³/mol. The zero-order chi connectivity index (χ0) is 23.8. The molecule has 0 fully saturated rings. The van der Waals surface area contributed by atoms with Crippen LogP contribution in [0.1, 0.15) is 34.6 Å². The summed E-state index contributed by atoms with van der Waals surface area (Å²) in [5.74, 6) is 1.26. The van der Waals surface area contributed by atoms with Crippen molar-refractivity contribution in [2.24, 2.45) is 0 Å². The Hall–Kier alpha value is -3.84. The molecule has 0 radical (unpaired) electrons. The lowest BCUT2D eigenvalue weighted by molar-refractivity contribution is 0.0638. The molecule has 0 spiro atoms. The number of aromatic amines is 1. The molecular weight excluding hydrogens is 430 g/mol. The van der Waals surface area contributed by atoms with E-state index >= 15 is 0 Å². The molecule has 0 saturated heterocycles. The number of methoxy groups -OCH3 is 1. The summed E-state index contributed by atoms with van der Waals surface area (Å²) in [7, 11) is 1.61. The van der Waals surface area contributed by atoms with Crippen molar-refractivity contribution in [2.45, 2.75) is 13.8 Å². The van der Waals surface area contributed by atoms with Crippen LogP contribution in [0.4, 0.5) is 0 Å². The van der Waals surface area contributed by atoms with E-state index in [0.29, 0.717) is 52.4 Å². The van der Waals surface area contributed by atoms with E-state index in [1.165, 1.54) is 4.90 Å². The van der Waals surface area contributed by atoms with Gasteiger partial charge in [-0.1, -0.05) is 32.0 Å². The Morgan fingerprint density at radius 1 is 0.941 bits per heavy atom. The molecule has 5 rings (SSSR count). The molecule has 4 aromatic rings. The minimum atomic E-state index is -0.288.